The van der Waals surface area contributed by atoms with E-state index in [0.717, 1.165) is 16.5 Å². The lowest BCUT2D eigenvalue weighted by Gasteiger charge is -2.20. The molecule has 1 aliphatic heterocycles. The summed E-state index contributed by atoms with van der Waals surface area (Å²) in [6.07, 6.45) is 0.391. The quantitative estimate of drug-likeness (QED) is 0.239. The number of esters is 1. The van der Waals surface area contributed by atoms with Crippen molar-refractivity contribution in [2.45, 2.75) is 25.3 Å². The number of ether oxygens (including phenoxy) is 2. The van der Waals surface area contributed by atoms with Gasteiger partial charge in [-0.1, -0.05) is 30.3 Å². The maximum Gasteiger partial charge on any atom is 0.347 e. The molecule has 6 rings (SSSR count). The van der Waals surface area contributed by atoms with Gasteiger partial charge in [-0.25, -0.2) is 4.79 Å². The highest BCUT2D eigenvalue weighted by atomic mass is 16.5. The number of aryl methyl sites for hydroxylation is 2. The van der Waals surface area contributed by atoms with E-state index in [2.05, 4.69) is 0 Å². The van der Waals surface area contributed by atoms with Gasteiger partial charge < -0.3 is 28.7 Å². The van der Waals surface area contributed by atoms with E-state index in [1.165, 1.54) is 26.4 Å². The van der Waals surface area contributed by atoms with Gasteiger partial charge in [0.05, 0.1) is 31.5 Å². The number of aromatic hydroxyl groups is 2. The number of methoxy groups -OCH3 is 2. The molecule has 1 unspecified atom stereocenters. The molecule has 0 saturated carbocycles. The molecular formula is C31H25NO8. The number of nitrogens with zero attached hydrogens (tertiary/aromatic N) is 1. The second kappa shape index (κ2) is 9.60. The van der Waals surface area contributed by atoms with Crippen LogP contribution in [0.25, 0.3) is 33.0 Å². The summed E-state index contributed by atoms with van der Waals surface area (Å²) in [7, 11) is 2.75. The summed E-state index contributed by atoms with van der Waals surface area (Å²) in [6, 6.07) is 16.8. The lowest BCUT2D eigenvalue weighted by molar-refractivity contribution is -0.140. The molecule has 0 bridgehead atoms. The predicted octanol–water partition coefficient (Wildman–Crippen LogP) is 4.45. The topological polar surface area (TPSA) is 128 Å². The molecule has 0 aliphatic carbocycles. The van der Waals surface area contributed by atoms with Crippen LogP contribution in [0.2, 0.25) is 0 Å². The van der Waals surface area contributed by atoms with Crippen molar-refractivity contribution in [3.63, 3.8) is 0 Å². The number of carbonyl (C=O) groups excluding carboxylic acids is 1. The van der Waals surface area contributed by atoms with Crippen LogP contribution in [0.1, 0.15) is 29.0 Å². The Morgan fingerprint density at radius 1 is 1.05 bits per heavy atom. The molecule has 9 nitrogen and oxygen atoms in total. The number of carbonyl (C=O) groups is 1. The van der Waals surface area contributed by atoms with Crippen molar-refractivity contribution in [2.24, 2.45) is 0 Å². The van der Waals surface area contributed by atoms with Gasteiger partial charge >= 0.3 is 11.6 Å². The van der Waals surface area contributed by atoms with Crippen molar-refractivity contribution in [3.05, 3.63) is 98.1 Å². The third-order valence-corrected chi connectivity index (χ3v) is 7.59. The molecule has 202 valence electrons. The van der Waals surface area contributed by atoms with Gasteiger partial charge in [-0.2, -0.15) is 0 Å². The average molecular weight is 540 g/mol. The number of phenols is 1. The van der Waals surface area contributed by atoms with Gasteiger partial charge in [0.1, 0.15) is 28.4 Å². The number of aromatic nitrogens is 1. The number of fused-ring (bicyclic) bond motifs is 1. The standard InChI is InChI=1S/C31H25NO8/c1-38-19-8-6-16(7-9-19)25-28(35)20-10-11-23(33)26(29(20)40-31(25)37)21(15-24(34)39-2)22-14-18-5-3-4-17-12-13-32(27(17)18)30(22)36/h3-11,14,21,33,35H,12-13,15H2,1-2H3. The summed E-state index contributed by atoms with van der Waals surface area (Å²) in [6.45, 7) is 0.482. The first-order valence-electron chi connectivity index (χ1n) is 12.7. The molecule has 3 aromatic carbocycles. The molecule has 1 atom stereocenters. The summed E-state index contributed by atoms with van der Waals surface area (Å²) in [4.78, 5) is 39.7. The molecular weight excluding hydrogens is 514 g/mol. The Kier molecular flexibility index (Phi) is 6.06. The van der Waals surface area contributed by atoms with Crippen molar-refractivity contribution >= 4 is 27.8 Å². The largest absolute Gasteiger partial charge is 0.508 e. The lowest BCUT2D eigenvalue weighted by Crippen LogP contribution is -2.26. The van der Waals surface area contributed by atoms with Gasteiger partial charge in [-0.3, -0.25) is 9.59 Å². The Balaban J connectivity index is 1.62. The van der Waals surface area contributed by atoms with Gasteiger partial charge in [0.15, 0.2) is 0 Å². The van der Waals surface area contributed by atoms with Crippen molar-refractivity contribution in [2.75, 3.05) is 14.2 Å². The molecule has 0 amide bonds. The zero-order valence-corrected chi connectivity index (χ0v) is 21.8. The average Bonchev–Trinajstić information content (AvgIpc) is 3.40. The van der Waals surface area contributed by atoms with Crippen LogP contribution in [0.4, 0.5) is 0 Å². The van der Waals surface area contributed by atoms with E-state index in [1.807, 2.05) is 18.2 Å². The molecule has 2 N–H and O–H groups in total. The van der Waals surface area contributed by atoms with E-state index in [9.17, 15) is 24.6 Å². The van der Waals surface area contributed by atoms with Crippen LogP contribution in [0.5, 0.6) is 17.2 Å². The summed E-state index contributed by atoms with van der Waals surface area (Å²) in [5, 5.41) is 23.3. The third kappa shape index (κ3) is 3.89. The number of para-hydroxylation sites is 1. The maximum absolute atomic E-state index is 13.8. The zero-order chi connectivity index (χ0) is 28.1. The summed E-state index contributed by atoms with van der Waals surface area (Å²) >= 11 is 0. The highest BCUT2D eigenvalue weighted by Gasteiger charge is 2.31. The molecule has 1 aliphatic rings. The minimum Gasteiger partial charge on any atom is -0.508 e. The minimum atomic E-state index is -1.03. The fraction of sp³-hybridized carbons (Fsp3) is 0.194. The third-order valence-electron chi connectivity index (χ3n) is 7.59. The molecule has 0 fully saturated rings. The van der Waals surface area contributed by atoms with Crippen LogP contribution in [0, 0.1) is 0 Å². The number of hydrogen-bond acceptors (Lipinski definition) is 8. The van der Waals surface area contributed by atoms with Gasteiger partial charge in [0, 0.05) is 23.6 Å². The Labute approximate surface area is 227 Å². The number of pyridine rings is 1. The Bertz CT molecular complexity index is 1940. The Morgan fingerprint density at radius 2 is 1.82 bits per heavy atom. The monoisotopic (exact) mass is 539 g/mol. The normalized spacial score (nSPS) is 13.1. The van der Waals surface area contributed by atoms with Crippen molar-refractivity contribution in [1.82, 2.24) is 4.57 Å². The molecule has 5 aromatic rings. The molecule has 9 heteroatoms. The van der Waals surface area contributed by atoms with Gasteiger partial charge in [-0.05, 0) is 53.3 Å². The molecule has 3 heterocycles. The minimum absolute atomic E-state index is 0.0370. The van der Waals surface area contributed by atoms with E-state index >= 15 is 0 Å². The Morgan fingerprint density at radius 3 is 2.55 bits per heavy atom. The van der Waals surface area contributed by atoms with Gasteiger partial charge in [-0.15, -0.1) is 0 Å². The fourth-order valence-corrected chi connectivity index (χ4v) is 5.67. The first-order valence-corrected chi connectivity index (χ1v) is 12.7. The van der Waals surface area contributed by atoms with Crippen LogP contribution in [0.15, 0.2) is 74.7 Å². The van der Waals surface area contributed by atoms with E-state index in [1.54, 1.807) is 34.9 Å². The SMILES string of the molecule is COC(=O)CC(c1cc2cccc3c2n(c1=O)CC3)c1c(O)ccc2c(O)c(-c3ccc(OC)cc3)c(=O)oc12. The van der Waals surface area contributed by atoms with Gasteiger partial charge in [0.25, 0.3) is 5.56 Å². The first kappa shape index (κ1) is 25.2. The smallest absolute Gasteiger partial charge is 0.347 e. The maximum atomic E-state index is 13.8. The summed E-state index contributed by atoms with van der Waals surface area (Å²) in [5.41, 5.74) is 1.22. The number of benzene rings is 3. The van der Waals surface area contributed by atoms with E-state index < -0.39 is 17.5 Å². The zero-order valence-electron chi connectivity index (χ0n) is 21.8. The highest BCUT2D eigenvalue weighted by Crippen LogP contribution is 2.43. The molecule has 2 aromatic heterocycles. The fourth-order valence-electron chi connectivity index (χ4n) is 5.67. The second-order valence-corrected chi connectivity index (χ2v) is 9.71. The summed E-state index contributed by atoms with van der Waals surface area (Å²) < 4.78 is 17.5. The molecule has 0 radical (unpaired) electrons. The van der Waals surface area contributed by atoms with Crippen LogP contribution in [0.3, 0.4) is 0 Å². The number of rotatable bonds is 6. The number of hydrogen-bond donors (Lipinski definition) is 2. The van der Waals surface area contributed by atoms with Crippen molar-refractivity contribution < 1.29 is 28.9 Å². The highest BCUT2D eigenvalue weighted by molar-refractivity contribution is 5.94. The van der Waals surface area contributed by atoms with E-state index in [-0.39, 0.29) is 51.1 Å². The predicted molar refractivity (Wildman–Crippen MR) is 148 cm³/mol. The van der Waals surface area contributed by atoms with E-state index in [4.69, 9.17) is 13.9 Å². The number of phenolic OH excluding ortho intramolecular Hbond substituents is 1. The first-order chi connectivity index (χ1) is 19.3. The molecule has 0 spiro atoms. The molecule has 40 heavy (non-hydrogen) atoms. The molecule has 0 saturated heterocycles. The van der Waals surface area contributed by atoms with Crippen LogP contribution in [-0.2, 0) is 22.5 Å². The van der Waals surface area contributed by atoms with Gasteiger partial charge in [0.2, 0.25) is 0 Å². The van der Waals surface area contributed by atoms with Crippen molar-refractivity contribution in [1.29, 1.82) is 0 Å². The van der Waals surface area contributed by atoms with E-state index in [0.29, 0.717) is 24.3 Å². The van der Waals surface area contributed by atoms with Crippen LogP contribution in [-0.4, -0.2) is 35.0 Å². The van der Waals surface area contributed by atoms with Crippen LogP contribution < -0.4 is 15.9 Å². The Hall–Kier alpha value is -5.05. The lowest BCUT2D eigenvalue weighted by atomic mass is 9.86. The summed E-state index contributed by atoms with van der Waals surface area (Å²) in [5.74, 6) is -1.74. The van der Waals surface area contributed by atoms with Crippen molar-refractivity contribution in [3.8, 4) is 28.4 Å². The van der Waals surface area contributed by atoms with Crippen LogP contribution >= 0.6 is 0 Å². The second-order valence-electron chi connectivity index (χ2n) is 9.71.